The number of benzene rings is 4. The maximum Gasteiger partial charge on any atom is 0.235 e. The Bertz CT molecular complexity index is 2180. The molecule has 9 rings (SSSR count). The van der Waals surface area contributed by atoms with Gasteiger partial charge in [0.05, 0.1) is 27.6 Å². The Morgan fingerprint density at radius 1 is 0.738 bits per heavy atom. The molecule has 0 amide bonds. The molecule has 2 atom stereocenters. The third-order valence-electron chi connectivity index (χ3n) is 8.83. The van der Waals surface area contributed by atoms with Gasteiger partial charge in [-0.15, -0.1) is 0 Å². The lowest BCUT2D eigenvalue weighted by Crippen LogP contribution is -2.15. The SMILES string of the molecule is C1=CC2Oc3c(ccc4c3c3ccccc3n4-c3nc(C4=CC(c5ccccc5)=CCC4)c4ccccc4n3)C2C=C1. The van der Waals surface area contributed by atoms with Crippen molar-refractivity contribution >= 4 is 43.9 Å². The van der Waals surface area contributed by atoms with Crippen LogP contribution < -0.4 is 4.74 Å². The zero-order valence-electron chi connectivity index (χ0n) is 22.9. The molecule has 6 aromatic rings. The Morgan fingerprint density at radius 2 is 1.55 bits per heavy atom. The van der Waals surface area contributed by atoms with Crippen LogP contribution in [0.25, 0.3) is 49.8 Å². The topological polar surface area (TPSA) is 39.9 Å². The van der Waals surface area contributed by atoms with Crippen LogP contribution in [0.1, 0.15) is 35.6 Å². The van der Waals surface area contributed by atoms with Crippen LogP contribution >= 0.6 is 0 Å². The van der Waals surface area contributed by atoms with E-state index >= 15 is 0 Å². The summed E-state index contributed by atoms with van der Waals surface area (Å²) in [6, 6.07) is 32.0. The van der Waals surface area contributed by atoms with Crippen molar-refractivity contribution in [1.29, 1.82) is 0 Å². The van der Waals surface area contributed by atoms with E-state index < -0.39 is 0 Å². The molecule has 4 aromatic carbocycles. The molecule has 200 valence electrons. The van der Waals surface area contributed by atoms with Gasteiger partial charge in [0.2, 0.25) is 5.95 Å². The summed E-state index contributed by atoms with van der Waals surface area (Å²) in [7, 11) is 0. The normalized spacial score (nSPS) is 19.0. The third kappa shape index (κ3) is 3.48. The van der Waals surface area contributed by atoms with Gasteiger partial charge in [-0.2, -0.15) is 0 Å². The monoisotopic (exact) mass is 541 g/mol. The Hall–Kier alpha value is -5.22. The largest absolute Gasteiger partial charge is 0.484 e. The van der Waals surface area contributed by atoms with E-state index in [1.54, 1.807) is 0 Å². The van der Waals surface area contributed by atoms with Crippen molar-refractivity contribution in [3.63, 3.8) is 0 Å². The van der Waals surface area contributed by atoms with Crippen LogP contribution in [0.5, 0.6) is 5.75 Å². The summed E-state index contributed by atoms with van der Waals surface area (Å²) in [5.74, 6) is 1.90. The van der Waals surface area contributed by atoms with Crippen LogP contribution in [0.3, 0.4) is 0 Å². The summed E-state index contributed by atoms with van der Waals surface area (Å²) in [5, 5.41) is 3.36. The highest BCUT2D eigenvalue weighted by molar-refractivity contribution is 6.13. The summed E-state index contributed by atoms with van der Waals surface area (Å²) in [5.41, 5.74) is 9.04. The van der Waals surface area contributed by atoms with Gasteiger partial charge < -0.3 is 4.74 Å². The molecule has 0 radical (unpaired) electrons. The Kier molecular flexibility index (Phi) is 5.12. The predicted octanol–water partition coefficient (Wildman–Crippen LogP) is 8.96. The maximum absolute atomic E-state index is 6.62. The molecule has 0 saturated heterocycles. The molecule has 0 fully saturated rings. The van der Waals surface area contributed by atoms with Crippen LogP contribution in [0.15, 0.2) is 127 Å². The Morgan fingerprint density at radius 3 is 2.48 bits per heavy atom. The van der Waals surface area contributed by atoms with Gasteiger partial charge in [0.1, 0.15) is 11.9 Å². The number of ether oxygens (including phenoxy) is 1. The van der Waals surface area contributed by atoms with Crippen LogP contribution in [-0.2, 0) is 0 Å². The summed E-state index contributed by atoms with van der Waals surface area (Å²) in [6.45, 7) is 0. The highest BCUT2D eigenvalue weighted by Gasteiger charge is 2.35. The average Bonchev–Trinajstić information content (AvgIpc) is 3.60. The van der Waals surface area contributed by atoms with Gasteiger partial charge in [-0.05, 0) is 59.9 Å². The van der Waals surface area contributed by atoms with Crippen molar-refractivity contribution in [3.8, 4) is 11.7 Å². The molecule has 3 heterocycles. The lowest BCUT2D eigenvalue weighted by molar-refractivity contribution is 0.271. The fourth-order valence-electron chi connectivity index (χ4n) is 6.90. The van der Waals surface area contributed by atoms with E-state index in [1.165, 1.54) is 22.3 Å². The smallest absolute Gasteiger partial charge is 0.235 e. The molecule has 0 N–H and O–H groups in total. The van der Waals surface area contributed by atoms with E-state index in [1.807, 2.05) is 0 Å². The number of allylic oxidation sites excluding steroid dienone is 6. The fraction of sp³-hybridized carbons (Fsp3) is 0.105. The number of para-hydroxylation sites is 2. The molecule has 2 aliphatic carbocycles. The Labute approximate surface area is 243 Å². The van der Waals surface area contributed by atoms with Crippen molar-refractivity contribution in [2.45, 2.75) is 24.9 Å². The van der Waals surface area contributed by atoms with Gasteiger partial charge in [0.15, 0.2) is 0 Å². The van der Waals surface area contributed by atoms with E-state index in [-0.39, 0.29) is 12.0 Å². The van der Waals surface area contributed by atoms with Crippen LogP contribution in [0, 0.1) is 0 Å². The first-order valence-electron chi connectivity index (χ1n) is 14.6. The van der Waals surface area contributed by atoms with E-state index in [0.717, 1.165) is 57.0 Å². The number of fused-ring (bicyclic) bond motifs is 8. The molecular formula is C38H27N3O. The van der Waals surface area contributed by atoms with E-state index in [2.05, 4.69) is 132 Å². The third-order valence-corrected chi connectivity index (χ3v) is 8.83. The minimum atomic E-state index is 0.0336. The molecule has 4 nitrogen and oxygen atoms in total. The molecule has 2 aromatic heterocycles. The van der Waals surface area contributed by atoms with Gasteiger partial charge in [-0.1, -0.05) is 97.1 Å². The number of hydrogen-bond acceptors (Lipinski definition) is 3. The van der Waals surface area contributed by atoms with Crippen molar-refractivity contribution in [3.05, 3.63) is 144 Å². The average molecular weight is 542 g/mol. The number of rotatable bonds is 3. The van der Waals surface area contributed by atoms with Gasteiger partial charge in [0, 0.05) is 22.3 Å². The van der Waals surface area contributed by atoms with Crippen molar-refractivity contribution in [2.24, 2.45) is 0 Å². The second-order valence-corrected chi connectivity index (χ2v) is 11.2. The van der Waals surface area contributed by atoms with Crippen LogP contribution in [0.2, 0.25) is 0 Å². The predicted molar refractivity (Wildman–Crippen MR) is 171 cm³/mol. The molecule has 42 heavy (non-hydrogen) atoms. The second-order valence-electron chi connectivity index (χ2n) is 11.2. The van der Waals surface area contributed by atoms with Crippen molar-refractivity contribution < 1.29 is 4.74 Å². The van der Waals surface area contributed by atoms with Crippen LogP contribution in [-0.4, -0.2) is 20.6 Å². The van der Waals surface area contributed by atoms with Crippen LogP contribution in [0.4, 0.5) is 0 Å². The first kappa shape index (κ1) is 23.5. The molecule has 1 aliphatic heterocycles. The molecule has 0 bridgehead atoms. The lowest BCUT2D eigenvalue weighted by atomic mass is 9.91. The van der Waals surface area contributed by atoms with Gasteiger partial charge in [0.25, 0.3) is 0 Å². The van der Waals surface area contributed by atoms with Gasteiger partial charge >= 0.3 is 0 Å². The molecule has 2 unspecified atom stereocenters. The molecular weight excluding hydrogens is 514 g/mol. The van der Waals surface area contributed by atoms with E-state index in [9.17, 15) is 0 Å². The maximum atomic E-state index is 6.62. The lowest BCUT2D eigenvalue weighted by Gasteiger charge is -2.17. The highest BCUT2D eigenvalue weighted by atomic mass is 16.5. The van der Waals surface area contributed by atoms with E-state index in [0.29, 0.717) is 5.95 Å². The number of aromatic nitrogens is 3. The highest BCUT2D eigenvalue weighted by Crippen LogP contribution is 2.48. The summed E-state index contributed by atoms with van der Waals surface area (Å²) in [6.07, 6.45) is 15.2. The van der Waals surface area contributed by atoms with E-state index in [4.69, 9.17) is 14.7 Å². The first-order chi connectivity index (χ1) is 20.8. The standard InChI is InChI=1S/C38H27N3O/c1-2-11-24(12-3-1)25-13-10-14-26(23-25)36-29-16-4-7-18-31(29)39-38(40-36)41-32-19-8-5-17-30(32)35-33(41)22-21-28-27-15-6-9-20-34(27)42-37(28)35/h1-9,11-13,15-23,27,34H,10,14H2. The molecule has 4 heteroatoms. The van der Waals surface area contributed by atoms with Crippen molar-refractivity contribution in [2.75, 3.05) is 0 Å². The van der Waals surface area contributed by atoms with Gasteiger partial charge in [-0.3, -0.25) is 4.57 Å². The molecule has 0 saturated carbocycles. The minimum absolute atomic E-state index is 0.0336. The summed E-state index contributed by atoms with van der Waals surface area (Å²) < 4.78 is 8.83. The van der Waals surface area contributed by atoms with Crippen molar-refractivity contribution in [1.82, 2.24) is 14.5 Å². The number of hydrogen-bond donors (Lipinski definition) is 0. The Balaban J connectivity index is 1.29. The fourth-order valence-corrected chi connectivity index (χ4v) is 6.90. The minimum Gasteiger partial charge on any atom is -0.484 e. The first-order valence-corrected chi connectivity index (χ1v) is 14.6. The zero-order valence-corrected chi connectivity index (χ0v) is 22.9. The quantitative estimate of drug-likeness (QED) is 0.224. The summed E-state index contributed by atoms with van der Waals surface area (Å²) in [4.78, 5) is 10.5. The number of nitrogens with zero attached hydrogens (tertiary/aromatic N) is 3. The molecule has 0 spiro atoms. The van der Waals surface area contributed by atoms with Gasteiger partial charge in [-0.25, -0.2) is 9.97 Å². The zero-order chi connectivity index (χ0) is 27.6. The molecule has 3 aliphatic rings. The second kappa shape index (κ2) is 9.15. The summed E-state index contributed by atoms with van der Waals surface area (Å²) >= 11 is 0.